The largest absolute Gasteiger partial charge is 0.471 e. The van der Waals surface area contributed by atoms with Crippen LogP contribution in [-0.2, 0) is 0 Å². The highest BCUT2D eigenvalue weighted by molar-refractivity contribution is 5.66. The first-order valence-electron chi connectivity index (χ1n) is 10.0. The lowest BCUT2D eigenvalue weighted by Gasteiger charge is -2.38. The lowest BCUT2D eigenvalue weighted by Crippen LogP contribution is -2.55. The van der Waals surface area contributed by atoms with Gasteiger partial charge in [-0.1, -0.05) is 12.1 Å². The van der Waals surface area contributed by atoms with Gasteiger partial charge < -0.3 is 15.2 Å². The van der Waals surface area contributed by atoms with E-state index in [4.69, 9.17) is 4.74 Å². The monoisotopic (exact) mass is 400 g/mol. The van der Waals surface area contributed by atoms with Crippen molar-refractivity contribution in [2.75, 3.05) is 13.1 Å². The topological polar surface area (TPSA) is 87.6 Å². The van der Waals surface area contributed by atoms with Crippen LogP contribution in [0.3, 0.4) is 0 Å². The Bertz CT molecular complexity index is 814. The van der Waals surface area contributed by atoms with Crippen LogP contribution in [0.2, 0.25) is 0 Å². The van der Waals surface area contributed by atoms with Gasteiger partial charge in [0.15, 0.2) is 0 Å². The number of rotatable bonds is 5. The van der Waals surface area contributed by atoms with E-state index in [2.05, 4.69) is 15.5 Å². The molecule has 154 valence electrons. The number of carboxylic acid groups (broad SMARTS) is 1. The third-order valence-corrected chi connectivity index (χ3v) is 5.88. The highest BCUT2D eigenvalue weighted by Crippen LogP contribution is 2.40. The Morgan fingerprint density at radius 1 is 1.24 bits per heavy atom. The van der Waals surface area contributed by atoms with Crippen LogP contribution in [0.15, 0.2) is 42.6 Å². The summed E-state index contributed by atoms with van der Waals surface area (Å²) in [5.74, 6) is 0.186. The van der Waals surface area contributed by atoms with Gasteiger partial charge in [-0.25, -0.2) is 9.18 Å². The van der Waals surface area contributed by atoms with Crippen LogP contribution in [0.5, 0.6) is 5.88 Å². The van der Waals surface area contributed by atoms with E-state index in [9.17, 15) is 14.3 Å². The molecular formula is C21H25FN4O3. The molecule has 1 saturated heterocycles. The van der Waals surface area contributed by atoms with Gasteiger partial charge in [-0.15, -0.1) is 5.10 Å². The number of piperidine rings is 1. The molecule has 0 bridgehead atoms. The molecule has 7 nitrogen and oxygen atoms in total. The molecule has 2 fully saturated rings. The maximum absolute atomic E-state index is 13.4. The van der Waals surface area contributed by atoms with Crippen LogP contribution in [0.4, 0.5) is 9.18 Å². The second-order valence-corrected chi connectivity index (χ2v) is 7.70. The van der Waals surface area contributed by atoms with Crippen LogP contribution in [-0.4, -0.2) is 57.6 Å². The lowest BCUT2D eigenvalue weighted by molar-refractivity contribution is 0.0450. The highest BCUT2D eigenvalue weighted by Gasteiger charge is 2.44. The zero-order valence-electron chi connectivity index (χ0n) is 16.1. The average molecular weight is 400 g/mol. The average Bonchev–Trinajstić information content (AvgIpc) is 3.13. The number of hydrogen-bond donors (Lipinski definition) is 2. The van der Waals surface area contributed by atoms with Gasteiger partial charge in [0.2, 0.25) is 5.88 Å². The fraction of sp³-hybridized carbons (Fsp3) is 0.476. The normalized spacial score (nSPS) is 26.8. The number of carbonyl (C=O) groups is 1. The number of benzene rings is 1. The predicted octanol–water partition coefficient (Wildman–Crippen LogP) is 3.04. The van der Waals surface area contributed by atoms with Gasteiger partial charge in [-0.05, 0) is 61.9 Å². The van der Waals surface area contributed by atoms with Crippen molar-refractivity contribution in [2.45, 2.75) is 49.8 Å². The first-order chi connectivity index (χ1) is 14.1. The fourth-order valence-corrected chi connectivity index (χ4v) is 4.55. The van der Waals surface area contributed by atoms with E-state index in [-0.39, 0.29) is 29.9 Å². The summed E-state index contributed by atoms with van der Waals surface area (Å²) in [7, 11) is 0. The molecular weight excluding hydrogens is 375 g/mol. The van der Waals surface area contributed by atoms with Crippen LogP contribution >= 0.6 is 0 Å². The van der Waals surface area contributed by atoms with Crippen molar-refractivity contribution in [1.82, 2.24) is 20.4 Å². The molecule has 1 aromatic heterocycles. The molecule has 1 aliphatic carbocycles. The van der Waals surface area contributed by atoms with E-state index in [0.717, 1.165) is 24.9 Å². The number of nitrogens with zero attached hydrogens (tertiary/aromatic N) is 3. The summed E-state index contributed by atoms with van der Waals surface area (Å²) in [6.45, 7) is 1.55. The SMILES string of the molecule is O=C(O)N(C1CCCNC1)[C@@H]1CC(c2ccc(F)cc2)CC1Oc1cccnn1. The molecule has 29 heavy (non-hydrogen) atoms. The van der Waals surface area contributed by atoms with E-state index in [1.807, 2.05) is 0 Å². The maximum atomic E-state index is 13.4. The Kier molecular flexibility index (Phi) is 5.89. The van der Waals surface area contributed by atoms with Gasteiger partial charge in [0.1, 0.15) is 11.9 Å². The van der Waals surface area contributed by atoms with Gasteiger partial charge in [0, 0.05) is 24.8 Å². The maximum Gasteiger partial charge on any atom is 0.407 e. The molecule has 2 N–H and O–H groups in total. The summed E-state index contributed by atoms with van der Waals surface area (Å²) in [5, 5.41) is 21.2. The highest BCUT2D eigenvalue weighted by atomic mass is 19.1. The summed E-state index contributed by atoms with van der Waals surface area (Å²) < 4.78 is 19.5. The van der Waals surface area contributed by atoms with Crippen LogP contribution in [0.1, 0.15) is 37.2 Å². The Labute approximate surface area is 168 Å². The Balaban J connectivity index is 1.61. The molecule has 4 rings (SSSR count). The van der Waals surface area contributed by atoms with Crippen molar-refractivity contribution in [3.05, 3.63) is 54.0 Å². The molecule has 2 aliphatic rings. The number of amides is 1. The molecule has 3 unspecified atom stereocenters. The molecule has 2 heterocycles. The molecule has 1 aromatic carbocycles. The molecule has 1 amide bonds. The molecule has 1 aliphatic heterocycles. The number of ether oxygens (including phenoxy) is 1. The zero-order valence-corrected chi connectivity index (χ0v) is 16.1. The zero-order chi connectivity index (χ0) is 20.2. The summed E-state index contributed by atoms with van der Waals surface area (Å²) in [6, 6.07) is 9.50. The van der Waals surface area contributed by atoms with Crippen LogP contribution in [0, 0.1) is 5.82 Å². The van der Waals surface area contributed by atoms with Crippen molar-refractivity contribution in [3.63, 3.8) is 0 Å². The van der Waals surface area contributed by atoms with E-state index >= 15 is 0 Å². The molecule has 2 aromatic rings. The fourth-order valence-electron chi connectivity index (χ4n) is 4.55. The molecule has 4 atom stereocenters. The molecule has 8 heteroatoms. The number of aromatic nitrogens is 2. The van der Waals surface area contributed by atoms with Crippen molar-refractivity contribution in [3.8, 4) is 5.88 Å². The summed E-state index contributed by atoms with van der Waals surface area (Å²) in [6.07, 6.45) is 3.32. The number of hydrogen-bond acceptors (Lipinski definition) is 5. The van der Waals surface area contributed by atoms with E-state index in [0.29, 0.717) is 25.3 Å². The molecule has 0 radical (unpaired) electrons. The Hall–Kier alpha value is -2.74. The van der Waals surface area contributed by atoms with Crippen LogP contribution in [0.25, 0.3) is 0 Å². The van der Waals surface area contributed by atoms with Gasteiger partial charge in [0.05, 0.1) is 6.04 Å². The first-order valence-corrected chi connectivity index (χ1v) is 10.0. The third kappa shape index (κ3) is 4.48. The van der Waals surface area contributed by atoms with Crippen molar-refractivity contribution in [2.24, 2.45) is 0 Å². The summed E-state index contributed by atoms with van der Waals surface area (Å²) >= 11 is 0. The van der Waals surface area contributed by atoms with Crippen molar-refractivity contribution < 1.29 is 19.0 Å². The minimum absolute atomic E-state index is 0.0840. The standard InChI is InChI=1S/C21H25FN4O3/c22-16-7-5-14(6-8-16)15-11-18(19(12-15)29-20-4-2-10-24-25-20)26(21(27)28)17-3-1-9-23-13-17/h2,4-8,10,15,17-19,23H,1,3,9,11-13H2,(H,27,28)/t15?,17?,18-,19?/m1/s1. The summed E-state index contributed by atoms with van der Waals surface area (Å²) in [5.41, 5.74) is 0.994. The minimum Gasteiger partial charge on any atom is -0.471 e. The van der Waals surface area contributed by atoms with Gasteiger partial charge in [0.25, 0.3) is 0 Å². The van der Waals surface area contributed by atoms with E-state index < -0.39 is 6.09 Å². The quantitative estimate of drug-likeness (QED) is 0.802. The van der Waals surface area contributed by atoms with Crippen molar-refractivity contribution >= 4 is 6.09 Å². The lowest BCUT2D eigenvalue weighted by atomic mass is 9.97. The third-order valence-electron chi connectivity index (χ3n) is 5.88. The van der Waals surface area contributed by atoms with Crippen molar-refractivity contribution in [1.29, 1.82) is 0 Å². The number of nitrogens with one attached hydrogen (secondary N) is 1. The molecule has 0 spiro atoms. The van der Waals surface area contributed by atoms with E-state index in [1.54, 1.807) is 35.4 Å². The number of halogens is 1. The molecule has 1 saturated carbocycles. The van der Waals surface area contributed by atoms with Gasteiger partial charge >= 0.3 is 6.09 Å². The minimum atomic E-state index is -0.934. The second-order valence-electron chi connectivity index (χ2n) is 7.70. The second kappa shape index (κ2) is 8.73. The van der Waals surface area contributed by atoms with Gasteiger partial charge in [-0.3, -0.25) is 4.90 Å². The summed E-state index contributed by atoms with van der Waals surface area (Å²) in [4.78, 5) is 13.8. The first kappa shape index (κ1) is 19.6. The smallest absolute Gasteiger partial charge is 0.407 e. The Morgan fingerprint density at radius 2 is 2.07 bits per heavy atom. The van der Waals surface area contributed by atoms with E-state index in [1.165, 1.54) is 12.1 Å². The Morgan fingerprint density at radius 3 is 2.72 bits per heavy atom. The van der Waals surface area contributed by atoms with Crippen LogP contribution < -0.4 is 10.1 Å². The predicted molar refractivity (Wildman–Crippen MR) is 104 cm³/mol. The van der Waals surface area contributed by atoms with Gasteiger partial charge in [-0.2, -0.15) is 5.10 Å².